The van der Waals surface area contributed by atoms with Crippen LogP contribution in [0.2, 0.25) is 0 Å². The summed E-state index contributed by atoms with van der Waals surface area (Å²) in [4.78, 5) is 0. The van der Waals surface area contributed by atoms with Gasteiger partial charge in [0, 0.05) is 5.92 Å². The monoisotopic (exact) mass is 543 g/mol. The summed E-state index contributed by atoms with van der Waals surface area (Å²) in [5, 5.41) is 0. The molecule has 0 N–H and O–H groups in total. The first-order valence-corrected chi connectivity index (χ1v) is 12.5. The SMILES string of the molecule is Fc1ccc([C](CCCc2ccccc2)CCc2cccc(-c3cccc(C(F)(F)F)c3C(F)(F)F)c2)cc1. The van der Waals surface area contributed by atoms with Crippen molar-refractivity contribution in [1.29, 1.82) is 0 Å². The van der Waals surface area contributed by atoms with E-state index in [1.54, 1.807) is 24.3 Å². The Bertz CT molecular complexity index is 1350. The average Bonchev–Trinajstić information content (AvgIpc) is 2.90. The lowest BCUT2D eigenvalue weighted by atomic mass is 9.87. The van der Waals surface area contributed by atoms with Crippen LogP contribution < -0.4 is 0 Å². The third kappa shape index (κ3) is 7.49. The largest absolute Gasteiger partial charge is 0.417 e. The molecular weight excluding hydrogens is 517 g/mol. The molecule has 0 atom stereocenters. The van der Waals surface area contributed by atoms with Crippen LogP contribution in [0, 0.1) is 11.7 Å². The summed E-state index contributed by atoms with van der Waals surface area (Å²) in [5.74, 6) is 0.725. The third-order valence-corrected chi connectivity index (χ3v) is 6.65. The maximum atomic E-state index is 13.8. The van der Waals surface area contributed by atoms with E-state index in [9.17, 15) is 30.7 Å². The fraction of sp³-hybridized carbons (Fsp3) is 0.219. The molecule has 0 aliphatic carbocycles. The lowest BCUT2D eigenvalue weighted by molar-refractivity contribution is -0.161. The van der Waals surface area contributed by atoms with Crippen LogP contribution >= 0.6 is 0 Å². The minimum atomic E-state index is -5.18. The Balaban J connectivity index is 1.56. The highest BCUT2D eigenvalue weighted by molar-refractivity contribution is 5.70. The molecule has 0 bridgehead atoms. The number of alkyl halides is 6. The average molecular weight is 544 g/mol. The van der Waals surface area contributed by atoms with E-state index in [0.717, 1.165) is 42.9 Å². The highest BCUT2D eigenvalue weighted by atomic mass is 19.4. The van der Waals surface area contributed by atoms with Crippen molar-refractivity contribution >= 4 is 0 Å². The molecule has 0 aromatic heterocycles. The molecule has 0 aliphatic heterocycles. The summed E-state index contributed by atoms with van der Waals surface area (Å²) in [6.07, 6.45) is -6.83. The van der Waals surface area contributed by atoms with E-state index in [1.807, 2.05) is 30.3 Å². The van der Waals surface area contributed by atoms with Gasteiger partial charge in [0.2, 0.25) is 0 Å². The summed E-state index contributed by atoms with van der Waals surface area (Å²) in [5.41, 5.74) is -1.05. The summed E-state index contributed by atoms with van der Waals surface area (Å²) < 4.78 is 95.3. The van der Waals surface area contributed by atoms with E-state index in [-0.39, 0.29) is 11.4 Å². The van der Waals surface area contributed by atoms with Gasteiger partial charge in [-0.25, -0.2) is 4.39 Å². The van der Waals surface area contributed by atoms with Gasteiger partial charge in [0.1, 0.15) is 5.82 Å². The molecule has 0 heterocycles. The van der Waals surface area contributed by atoms with Gasteiger partial charge in [-0.15, -0.1) is 0 Å². The summed E-state index contributed by atoms with van der Waals surface area (Å²) >= 11 is 0. The minimum absolute atomic E-state index is 0.0679. The Morgan fingerprint density at radius 3 is 1.92 bits per heavy atom. The second-order valence-corrected chi connectivity index (χ2v) is 9.37. The lowest BCUT2D eigenvalue weighted by Gasteiger charge is -2.20. The number of hydrogen-bond donors (Lipinski definition) is 0. The molecule has 0 amide bonds. The molecule has 0 saturated carbocycles. The van der Waals surface area contributed by atoms with Crippen molar-refractivity contribution in [1.82, 2.24) is 0 Å². The van der Waals surface area contributed by atoms with E-state index in [2.05, 4.69) is 0 Å². The molecular formula is C32H26F7. The van der Waals surface area contributed by atoms with Gasteiger partial charge in [0.05, 0.1) is 11.1 Å². The number of rotatable bonds is 9. The van der Waals surface area contributed by atoms with E-state index in [4.69, 9.17) is 0 Å². The van der Waals surface area contributed by atoms with Crippen molar-refractivity contribution in [2.75, 3.05) is 0 Å². The summed E-state index contributed by atoms with van der Waals surface area (Å²) in [7, 11) is 0. The second-order valence-electron chi connectivity index (χ2n) is 9.37. The molecule has 39 heavy (non-hydrogen) atoms. The number of benzene rings is 4. The van der Waals surface area contributed by atoms with E-state index < -0.39 is 29.0 Å². The standard InChI is InChI=1S/C32H26F7/c33-27-19-17-25(18-20-27)24(11-4-9-22-7-2-1-3-8-22)16-15-23-10-5-12-26(21-23)28-13-6-14-29(31(34,35)36)30(28)32(37,38)39/h1-3,5-8,10,12-14,17-21H,4,9,11,15-16H2. The number of hydrogen-bond acceptors (Lipinski definition) is 0. The Morgan fingerprint density at radius 2 is 1.26 bits per heavy atom. The van der Waals surface area contributed by atoms with Crippen LogP contribution in [0.1, 0.15) is 47.1 Å². The van der Waals surface area contributed by atoms with Crippen molar-refractivity contribution in [3.05, 3.63) is 137 Å². The van der Waals surface area contributed by atoms with Crippen LogP contribution in [0.25, 0.3) is 11.1 Å². The molecule has 0 nitrogen and oxygen atoms in total. The van der Waals surface area contributed by atoms with Crippen molar-refractivity contribution in [3.63, 3.8) is 0 Å². The minimum Gasteiger partial charge on any atom is -0.207 e. The molecule has 203 valence electrons. The Morgan fingerprint density at radius 1 is 0.590 bits per heavy atom. The zero-order chi connectivity index (χ0) is 28.0. The highest BCUT2D eigenvalue weighted by Crippen LogP contribution is 2.45. The quantitative estimate of drug-likeness (QED) is 0.184. The van der Waals surface area contributed by atoms with Gasteiger partial charge in [-0.3, -0.25) is 0 Å². The Kier molecular flexibility index (Phi) is 8.78. The molecule has 0 spiro atoms. The van der Waals surface area contributed by atoms with Crippen molar-refractivity contribution in [2.45, 2.75) is 44.5 Å². The molecule has 4 rings (SSSR count). The fourth-order valence-electron chi connectivity index (χ4n) is 4.77. The lowest BCUT2D eigenvalue weighted by Crippen LogP contribution is -2.17. The number of aryl methyl sites for hydroxylation is 2. The smallest absolute Gasteiger partial charge is 0.207 e. The first-order chi connectivity index (χ1) is 18.5. The zero-order valence-electron chi connectivity index (χ0n) is 20.9. The van der Waals surface area contributed by atoms with Crippen molar-refractivity contribution < 1.29 is 30.7 Å². The molecule has 0 fully saturated rings. The van der Waals surface area contributed by atoms with Gasteiger partial charge < -0.3 is 0 Å². The topological polar surface area (TPSA) is 0 Å². The van der Waals surface area contributed by atoms with Crippen LogP contribution in [0.4, 0.5) is 30.7 Å². The predicted octanol–water partition coefficient (Wildman–Crippen LogP) is 10.1. The molecule has 0 saturated heterocycles. The summed E-state index contributed by atoms with van der Waals surface area (Å²) in [6, 6.07) is 24.9. The van der Waals surface area contributed by atoms with E-state index >= 15 is 0 Å². The maximum Gasteiger partial charge on any atom is 0.417 e. The third-order valence-electron chi connectivity index (χ3n) is 6.65. The first kappa shape index (κ1) is 28.4. The van der Waals surface area contributed by atoms with Crippen molar-refractivity contribution in [3.8, 4) is 11.1 Å². The van der Waals surface area contributed by atoms with Gasteiger partial charge in [-0.05, 0) is 78.1 Å². The first-order valence-electron chi connectivity index (χ1n) is 12.5. The fourth-order valence-corrected chi connectivity index (χ4v) is 4.77. The molecule has 4 aromatic carbocycles. The van der Waals surface area contributed by atoms with Gasteiger partial charge in [0.15, 0.2) is 0 Å². The van der Waals surface area contributed by atoms with Crippen LogP contribution in [0.5, 0.6) is 0 Å². The molecule has 7 heteroatoms. The highest BCUT2D eigenvalue weighted by Gasteiger charge is 2.44. The van der Waals surface area contributed by atoms with Crippen LogP contribution in [-0.2, 0) is 25.2 Å². The normalized spacial score (nSPS) is 12.2. The molecule has 0 unspecified atom stereocenters. The molecule has 1 radical (unpaired) electrons. The second kappa shape index (κ2) is 12.1. The van der Waals surface area contributed by atoms with Crippen molar-refractivity contribution in [2.24, 2.45) is 0 Å². The Hall–Kier alpha value is -3.61. The van der Waals surface area contributed by atoms with Gasteiger partial charge in [0.25, 0.3) is 0 Å². The van der Waals surface area contributed by atoms with E-state index in [1.165, 1.54) is 29.8 Å². The maximum absolute atomic E-state index is 13.8. The van der Waals surface area contributed by atoms with Gasteiger partial charge >= 0.3 is 12.4 Å². The summed E-state index contributed by atoms with van der Waals surface area (Å²) in [6.45, 7) is 0. The van der Waals surface area contributed by atoms with Gasteiger partial charge in [-0.2, -0.15) is 26.3 Å². The predicted molar refractivity (Wildman–Crippen MR) is 138 cm³/mol. The molecule has 4 aromatic rings. The Labute approximate surface area is 223 Å². The van der Waals surface area contributed by atoms with Gasteiger partial charge in [-0.1, -0.05) is 78.9 Å². The van der Waals surface area contributed by atoms with Crippen LogP contribution in [0.3, 0.4) is 0 Å². The van der Waals surface area contributed by atoms with Crippen LogP contribution in [-0.4, -0.2) is 0 Å². The zero-order valence-corrected chi connectivity index (χ0v) is 20.9. The van der Waals surface area contributed by atoms with E-state index in [0.29, 0.717) is 24.5 Å². The van der Waals surface area contributed by atoms with Crippen LogP contribution in [0.15, 0.2) is 97.1 Å². The molecule has 0 aliphatic rings. The number of halogens is 7.